The SMILES string of the molecule is Cc1ccc(C)c(C(=O)C(C)S(=O)(=O)c2ccccc2)c1. The van der Waals surface area contributed by atoms with Crippen molar-refractivity contribution in [3.8, 4) is 0 Å². The molecule has 21 heavy (non-hydrogen) atoms. The maximum absolute atomic E-state index is 12.6. The molecule has 2 aromatic rings. The van der Waals surface area contributed by atoms with E-state index in [-0.39, 0.29) is 10.7 Å². The van der Waals surface area contributed by atoms with E-state index in [1.807, 2.05) is 26.0 Å². The fourth-order valence-electron chi connectivity index (χ4n) is 2.18. The zero-order valence-corrected chi connectivity index (χ0v) is 13.1. The molecule has 0 radical (unpaired) electrons. The van der Waals surface area contributed by atoms with Gasteiger partial charge in [0.2, 0.25) is 0 Å². The molecule has 0 amide bonds. The van der Waals surface area contributed by atoms with Gasteiger partial charge in [-0.05, 0) is 44.5 Å². The van der Waals surface area contributed by atoms with Gasteiger partial charge in [-0.3, -0.25) is 4.79 Å². The molecule has 110 valence electrons. The Labute approximate surface area is 125 Å². The summed E-state index contributed by atoms with van der Waals surface area (Å²) in [6.07, 6.45) is 0. The highest BCUT2D eigenvalue weighted by Crippen LogP contribution is 2.21. The zero-order chi connectivity index (χ0) is 15.6. The average Bonchev–Trinajstić information content (AvgIpc) is 2.49. The molecule has 2 rings (SSSR count). The fraction of sp³-hybridized carbons (Fsp3) is 0.235. The second-order valence-corrected chi connectivity index (χ2v) is 7.45. The van der Waals surface area contributed by atoms with Crippen molar-refractivity contribution in [2.24, 2.45) is 0 Å². The van der Waals surface area contributed by atoms with Gasteiger partial charge in [0.1, 0.15) is 5.25 Å². The highest BCUT2D eigenvalue weighted by molar-refractivity contribution is 7.92. The summed E-state index contributed by atoms with van der Waals surface area (Å²) in [4.78, 5) is 12.7. The van der Waals surface area contributed by atoms with Crippen LogP contribution in [0.25, 0.3) is 0 Å². The Kier molecular flexibility index (Phi) is 4.28. The summed E-state index contributed by atoms with van der Waals surface area (Å²) < 4.78 is 25.0. The predicted molar refractivity (Wildman–Crippen MR) is 83.3 cm³/mol. The van der Waals surface area contributed by atoms with Crippen LogP contribution in [0.4, 0.5) is 0 Å². The van der Waals surface area contributed by atoms with E-state index in [1.54, 1.807) is 24.3 Å². The number of hydrogen-bond donors (Lipinski definition) is 0. The fourth-order valence-corrected chi connectivity index (χ4v) is 3.53. The molecule has 1 atom stereocenters. The molecule has 0 fully saturated rings. The van der Waals surface area contributed by atoms with Crippen LogP contribution < -0.4 is 0 Å². The first-order valence-electron chi connectivity index (χ1n) is 6.74. The topological polar surface area (TPSA) is 51.2 Å². The van der Waals surface area contributed by atoms with Crippen molar-refractivity contribution in [2.45, 2.75) is 30.9 Å². The number of hydrogen-bond acceptors (Lipinski definition) is 3. The molecule has 3 nitrogen and oxygen atoms in total. The minimum atomic E-state index is -3.67. The van der Waals surface area contributed by atoms with Crippen molar-refractivity contribution >= 4 is 15.6 Å². The van der Waals surface area contributed by atoms with Crippen molar-refractivity contribution in [2.75, 3.05) is 0 Å². The molecule has 4 heteroatoms. The highest BCUT2D eigenvalue weighted by atomic mass is 32.2. The molecule has 0 bridgehead atoms. The van der Waals surface area contributed by atoms with Crippen molar-refractivity contribution < 1.29 is 13.2 Å². The lowest BCUT2D eigenvalue weighted by Gasteiger charge is -2.14. The summed E-state index contributed by atoms with van der Waals surface area (Å²) in [6, 6.07) is 13.6. The molecule has 0 spiro atoms. The summed E-state index contributed by atoms with van der Waals surface area (Å²) in [5.41, 5.74) is 2.20. The van der Waals surface area contributed by atoms with Gasteiger partial charge in [0.15, 0.2) is 15.6 Å². The van der Waals surface area contributed by atoms with Crippen LogP contribution in [0.1, 0.15) is 28.4 Å². The molecule has 0 aromatic heterocycles. The standard InChI is InChI=1S/C17H18O3S/c1-12-9-10-13(2)16(11-12)17(18)14(3)21(19,20)15-7-5-4-6-8-15/h4-11,14H,1-3H3. The minimum absolute atomic E-state index is 0.177. The summed E-state index contributed by atoms with van der Waals surface area (Å²) in [5, 5.41) is -1.10. The van der Waals surface area contributed by atoms with E-state index in [0.717, 1.165) is 11.1 Å². The molecule has 0 N–H and O–H groups in total. The number of rotatable bonds is 4. The van der Waals surface area contributed by atoms with Crippen molar-refractivity contribution in [3.63, 3.8) is 0 Å². The number of Topliss-reactive ketones (excluding diaryl/α,β-unsaturated/α-hetero) is 1. The molecule has 0 aliphatic carbocycles. The maximum atomic E-state index is 12.6. The van der Waals surface area contributed by atoms with Crippen LogP contribution in [-0.4, -0.2) is 19.5 Å². The van der Waals surface area contributed by atoms with Crippen molar-refractivity contribution in [1.82, 2.24) is 0 Å². The summed E-state index contributed by atoms with van der Waals surface area (Å²) in [7, 11) is -3.67. The second kappa shape index (κ2) is 5.82. The van der Waals surface area contributed by atoms with Crippen LogP contribution in [0.2, 0.25) is 0 Å². The highest BCUT2D eigenvalue weighted by Gasteiger charge is 2.30. The smallest absolute Gasteiger partial charge is 0.188 e. The number of ketones is 1. The summed E-state index contributed by atoms with van der Waals surface area (Å²) in [5.74, 6) is -0.361. The molecule has 0 heterocycles. The lowest BCUT2D eigenvalue weighted by atomic mass is 10.0. The molecular weight excluding hydrogens is 284 g/mol. The number of carbonyl (C=O) groups excluding carboxylic acids is 1. The first-order valence-corrected chi connectivity index (χ1v) is 8.29. The number of benzene rings is 2. The van der Waals surface area contributed by atoms with E-state index in [0.29, 0.717) is 5.56 Å². The van der Waals surface area contributed by atoms with E-state index in [2.05, 4.69) is 0 Å². The van der Waals surface area contributed by atoms with Crippen LogP contribution in [0.3, 0.4) is 0 Å². The van der Waals surface area contributed by atoms with Gasteiger partial charge in [0.05, 0.1) is 4.90 Å². The van der Waals surface area contributed by atoms with Crippen LogP contribution in [0.5, 0.6) is 0 Å². The Bertz CT molecular complexity index is 762. The van der Waals surface area contributed by atoms with Crippen LogP contribution in [0, 0.1) is 13.8 Å². The van der Waals surface area contributed by atoms with E-state index >= 15 is 0 Å². The number of sulfone groups is 1. The molecule has 2 aromatic carbocycles. The lowest BCUT2D eigenvalue weighted by molar-refractivity contribution is 0.0990. The lowest BCUT2D eigenvalue weighted by Crippen LogP contribution is -2.28. The van der Waals surface area contributed by atoms with Gasteiger partial charge in [0.25, 0.3) is 0 Å². The first kappa shape index (κ1) is 15.4. The predicted octanol–water partition coefficient (Wildman–Crippen LogP) is 3.35. The maximum Gasteiger partial charge on any atom is 0.188 e. The Morgan fingerprint density at radius 1 is 1.00 bits per heavy atom. The summed E-state index contributed by atoms with van der Waals surface area (Å²) >= 11 is 0. The van der Waals surface area contributed by atoms with Crippen LogP contribution in [0.15, 0.2) is 53.4 Å². The third-order valence-electron chi connectivity index (χ3n) is 3.56. The third kappa shape index (κ3) is 3.05. The molecule has 0 aliphatic heterocycles. The molecule has 0 saturated heterocycles. The Hall–Kier alpha value is -1.94. The quantitative estimate of drug-likeness (QED) is 0.814. The van der Waals surface area contributed by atoms with Crippen LogP contribution >= 0.6 is 0 Å². The third-order valence-corrected chi connectivity index (χ3v) is 5.64. The Morgan fingerprint density at radius 3 is 2.24 bits per heavy atom. The van der Waals surface area contributed by atoms with E-state index in [4.69, 9.17) is 0 Å². The molecule has 0 aliphatic rings. The van der Waals surface area contributed by atoms with Crippen LogP contribution in [-0.2, 0) is 9.84 Å². The Balaban J connectivity index is 2.42. The monoisotopic (exact) mass is 302 g/mol. The number of aryl methyl sites for hydroxylation is 2. The average molecular weight is 302 g/mol. The van der Waals surface area contributed by atoms with Crippen molar-refractivity contribution in [1.29, 1.82) is 0 Å². The van der Waals surface area contributed by atoms with Gasteiger partial charge >= 0.3 is 0 Å². The molecule has 0 saturated carbocycles. The normalized spacial score (nSPS) is 12.9. The largest absolute Gasteiger partial charge is 0.293 e. The zero-order valence-electron chi connectivity index (χ0n) is 12.3. The molecule has 1 unspecified atom stereocenters. The van der Waals surface area contributed by atoms with Gasteiger partial charge < -0.3 is 0 Å². The van der Waals surface area contributed by atoms with Gasteiger partial charge in [-0.1, -0.05) is 35.9 Å². The summed E-state index contributed by atoms with van der Waals surface area (Å²) in [6.45, 7) is 5.15. The van der Waals surface area contributed by atoms with E-state index < -0.39 is 15.1 Å². The van der Waals surface area contributed by atoms with Gasteiger partial charge in [0, 0.05) is 5.56 Å². The van der Waals surface area contributed by atoms with E-state index in [9.17, 15) is 13.2 Å². The van der Waals surface area contributed by atoms with E-state index in [1.165, 1.54) is 19.1 Å². The van der Waals surface area contributed by atoms with Gasteiger partial charge in [-0.2, -0.15) is 0 Å². The van der Waals surface area contributed by atoms with Gasteiger partial charge in [-0.15, -0.1) is 0 Å². The minimum Gasteiger partial charge on any atom is -0.293 e. The Morgan fingerprint density at radius 2 is 1.62 bits per heavy atom. The first-order chi connectivity index (χ1) is 9.84. The van der Waals surface area contributed by atoms with Gasteiger partial charge in [-0.25, -0.2) is 8.42 Å². The van der Waals surface area contributed by atoms with Crippen molar-refractivity contribution in [3.05, 3.63) is 65.2 Å². The second-order valence-electron chi connectivity index (χ2n) is 5.18. The molecular formula is C17H18O3S. The number of carbonyl (C=O) groups is 1.